The van der Waals surface area contributed by atoms with Gasteiger partial charge in [-0.05, 0) is 18.6 Å². The average molecular weight is 152 g/mol. The minimum atomic E-state index is -0.292. The molecule has 0 aliphatic carbocycles. The van der Waals surface area contributed by atoms with E-state index in [1.54, 1.807) is 19.1 Å². The zero-order valence-electron chi connectivity index (χ0n) is 6.21. The molecule has 11 heavy (non-hydrogen) atoms. The predicted molar refractivity (Wildman–Crippen MR) is 42.9 cm³/mol. The summed E-state index contributed by atoms with van der Waals surface area (Å²) in [6.45, 7) is 1.81. The predicted octanol–water partition coefficient (Wildman–Crippen LogP) is 1.43. The van der Waals surface area contributed by atoms with E-state index in [0.717, 1.165) is 5.56 Å². The van der Waals surface area contributed by atoms with Gasteiger partial charge < -0.3 is 5.84 Å². The third-order valence-electron chi connectivity index (χ3n) is 1.47. The zero-order chi connectivity index (χ0) is 8.27. The summed E-state index contributed by atoms with van der Waals surface area (Å²) in [5.74, 6) is 4.61. The molecule has 2 N–H and O–H groups in total. The minimum Gasteiger partial charge on any atom is -0.323 e. The first kappa shape index (κ1) is 7.72. The molecule has 3 heteroatoms. The number of hydrogen-bond donors (Lipinski definition) is 1. The Labute approximate surface area is 64.5 Å². The van der Waals surface area contributed by atoms with E-state index in [1.165, 1.54) is 12.3 Å². The van der Waals surface area contributed by atoms with E-state index >= 15 is 0 Å². The lowest BCUT2D eigenvalue weighted by molar-refractivity contribution is 0.624. The molecule has 1 aromatic carbocycles. The lowest BCUT2D eigenvalue weighted by Gasteiger charge is -1.98. The number of hydrazone groups is 1. The number of nitrogens with zero attached hydrogens (tertiary/aromatic N) is 1. The first-order chi connectivity index (χ1) is 5.25. The topological polar surface area (TPSA) is 38.4 Å². The van der Waals surface area contributed by atoms with E-state index in [0.29, 0.717) is 5.56 Å². The van der Waals surface area contributed by atoms with Crippen LogP contribution in [0.2, 0.25) is 0 Å². The van der Waals surface area contributed by atoms with Crippen molar-refractivity contribution in [1.82, 2.24) is 0 Å². The molecule has 0 atom stereocenters. The van der Waals surface area contributed by atoms with Crippen molar-refractivity contribution in [2.75, 3.05) is 0 Å². The smallest absolute Gasteiger partial charge is 0.132 e. The Morgan fingerprint density at radius 2 is 2.27 bits per heavy atom. The molecule has 1 aromatic rings. The summed E-state index contributed by atoms with van der Waals surface area (Å²) >= 11 is 0. The quantitative estimate of drug-likeness (QED) is 0.369. The maximum absolute atomic E-state index is 12.9. The first-order valence-electron chi connectivity index (χ1n) is 3.24. The van der Waals surface area contributed by atoms with Crippen LogP contribution in [0.3, 0.4) is 0 Å². The fourth-order valence-corrected chi connectivity index (χ4v) is 0.883. The third-order valence-corrected chi connectivity index (χ3v) is 1.47. The fourth-order valence-electron chi connectivity index (χ4n) is 0.883. The molecule has 0 heterocycles. The van der Waals surface area contributed by atoms with Crippen LogP contribution in [0.15, 0.2) is 23.3 Å². The second-order valence-corrected chi connectivity index (χ2v) is 2.25. The van der Waals surface area contributed by atoms with Crippen molar-refractivity contribution < 1.29 is 4.39 Å². The number of nitrogens with two attached hydrogens (primary N) is 1. The van der Waals surface area contributed by atoms with E-state index in [9.17, 15) is 4.39 Å². The van der Waals surface area contributed by atoms with Gasteiger partial charge in [0.2, 0.25) is 0 Å². The summed E-state index contributed by atoms with van der Waals surface area (Å²) in [6, 6.07) is 4.84. The highest BCUT2D eigenvalue weighted by atomic mass is 19.1. The molecule has 0 bridgehead atoms. The summed E-state index contributed by atoms with van der Waals surface area (Å²) in [6.07, 6.45) is 1.31. The van der Waals surface area contributed by atoms with Crippen LogP contribution in [0.4, 0.5) is 4.39 Å². The zero-order valence-corrected chi connectivity index (χ0v) is 6.21. The largest absolute Gasteiger partial charge is 0.323 e. The maximum Gasteiger partial charge on any atom is 0.132 e. The maximum atomic E-state index is 12.9. The summed E-state index contributed by atoms with van der Waals surface area (Å²) in [5.41, 5.74) is 1.29. The summed E-state index contributed by atoms with van der Waals surface area (Å²) in [4.78, 5) is 0. The Balaban J connectivity index is 3.20. The molecule has 0 aliphatic heterocycles. The van der Waals surface area contributed by atoms with Crippen LogP contribution in [0.1, 0.15) is 11.1 Å². The van der Waals surface area contributed by atoms with Gasteiger partial charge in [-0.1, -0.05) is 12.1 Å². The van der Waals surface area contributed by atoms with Gasteiger partial charge in [0.15, 0.2) is 0 Å². The van der Waals surface area contributed by atoms with E-state index in [1.807, 2.05) is 0 Å². The van der Waals surface area contributed by atoms with Gasteiger partial charge in [-0.2, -0.15) is 5.10 Å². The Hall–Kier alpha value is -1.38. The van der Waals surface area contributed by atoms with Gasteiger partial charge in [0.25, 0.3) is 0 Å². The highest BCUT2D eigenvalue weighted by molar-refractivity contribution is 5.81. The van der Waals surface area contributed by atoms with Gasteiger partial charge in [-0.3, -0.25) is 0 Å². The van der Waals surface area contributed by atoms with Crippen LogP contribution >= 0.6 is 0 Å². The molecule has 0 saturated carbocycles. The van der Waals surface area contributed by atoms with Crippen LogP contribution in [-0.4, -0.2) is 6.21 Å². The third kappa shape index (κ3) is 1.55. The molecule has 2 nitrogen and oxygen atoms in total. The second kappa shape index (κ2) is 3.14. The molecule has 1 rings (SSSR count). The molecule has 0 unspecified atom stereocenters. The molecule has 58 valence electrons. The SMILES string of the molecule is Cc1cccc(F)c1C=NN. The van der Waals surface area contributed by atoms with Crippen molar-refractivity contribution in [1.29, 1.82) is 0 Å². The molecular formula is C8H9FN2. The standard InChI is InChI=1S/C8H9FN2/c1-6-3-2-4-8(9)7(6)5-11-10/h2-5H,10H2,1H3. The van der Waals surface area contributed by atoms with Gasteiger partial charge in [-0.15, -0.1) is 0 Å². The average Bonchev–Trinajstić information content (AvgIpc) is 1.97. The normalized spacial score (nSPS) is 10.7. The lowest BCUT2D eigenvalue weighted by atomic mass is 10.1. The number of halogens is 1. The number of hydrogen-bond acceptors (Lipinski definition) is 2. The van der Waals surface area contributed by atoms with Crippen LogP contribution in [0, 0.1) is 12.7 Å². The highest BCUT2D eigenvalue weighted by Crippen LogP contribution is 2.09. The Bertz CT molecular complexity index is 261. The van der Waals surface area contributed by atoms with Crippen molar-refractivity contribution >= 4 is 6.21 Å². The Morgan fingerprint density at radius 1 is 1.55 bits per heavy atom. The summed E-state index contributed by atoms with van der Waals surface area (Å²) in [7, 11) is 0. The number of benzene rings is 1. The van der Waals surface area contributed by atoms with Gasteiger partial charge in [0, 0.05) is 5.56 Å². The highest BCUT2D eigenvalue weighted by Gasteiger charge is 2.00. The molecular weight excluding hydrogens is 143 g/mol. The molecule has 0 spiro atoms. The summed E-state index contributed by atoms with van der Waals surface area (Å²) < 4.78 is 12.9. The number of aryl methyl sites for hydroxylation is 1. The monoisotopic (exact) mass is 152 g/mol. The summed E-state index contributed by atoms with van der Waals surface area (Å²) in [5, 5.41) is 3.26. The Kier molecular flexibility index (Phi) is 2.21. The van der Waals surface area contributed by atoms with Crippen LogP contribution in [-0.2, 0) is 0 Å². The minimum absolute atomic E-state index is 0.292. The van der Waals surface area contributed by atoms with Crippen molar-refractivity contribution in [3.63, 3.8) is 0 Å². The first-order valence-corrected chi connectivity index (χ1v) is 3.24. The van der Waals surface area contributed by atoms with E-state index < -0.39 is 0 Å². The van der Waals surface area contributed by atoms with E-state index in [4.69, 9.17) is 5.84 Å². The van der Waals surface area contributed by atoms with Gasteiger partial charge in [0.1, 0.15) is 5.82 Å². The van der Waals surface area contributed by atoms with Crippen LogP contribution < -0.4 is 5.84 Å². The molecule has 0 fully saturated rings. The van der Waals surface area contributed by atoms with E-state index in [-0.39, 0.29) is 5.82 Å². The van der Waals surface area contributed by atoms with Crippen LogP contribution in [0.5, 0.6) is 0 Å². The van der Waals surface area contributed by atoms with Gasteiger partial charge in [-0.25, -0.2) is 4.39 Å². The molecule has 0 amide bonds. The lowest BCUT2D eigenvalue weighted by Crippen LogP contribution is -1.94. The van der Waals surface area contributed by atoms with Crippen molar-refractivity contribution in [2.24, 2.45) is 10.9 Å². The van der Waals surface area contributed by atoms with Gasteiger partial charge in [0.05, 0.1) is 6.21 Å². The molecule has 0 aromatic heterocycles. The van der Waals surface area contributed by atoms with Crippen molar-refractivity contribution in [2.45, 2.75) is 6.92 Å². The van der Waals surface area contributed by atoms with Gasteiger partial charge >= 0.3 is 0 Å². The Morgan fingerprint density at radius 3 is 2.82 bits per heavy atom. The molecule has 0 aliphatic rings. The van der Waals surface area contributed by atoms with Crippen molar-refractivity contribution in [3.8, 4) is 0 Å². The molecule has 0 radical (unpaired) electrons. The van der Waals surface area contributed by atoms with Crippen LogP contribution in [0.25, 0.3) is 0 Å². The second-order valence-electron chi connectivity index (χ2n) is 2.25. The van der Waals surface area contributed by atoms with E-state index in [2.05, 4.69) is 5.10 Å². The fraction of sp³-hybridized carbons (Fsp3) is 0.125. The van der Waals surface area contributed by atoms with Crippen molar-refractivity contribution in [3.05, 3.63) is 35.1 Å². The molecule has 0 saturated heterocycles. The number of rotatable bonds is 1.